The van der Waals surface area contributed by atoms with Crippen LogP contribution in [0.1, 0.15) is 18.1 Å². The van der Waals surface area contributed by atoms with Gasteiger partial charge in [0, 0.05) is 33.4 Å². The molecular weight excluding hydrogens is 417 g/mol. The highest BCUT2D eigenvalue weighted by Gasteiger charge is 2.12. The maximum Gasteiger partial charge on any atom is 0.163 e. The Kier molecular flexibility index (Phi) is 7.32. The van der Waals surface area contributed by atoms with Gasteiger partial charge in [-0.05, 0) is 60.5 Å². The van der Waals surface area contributed by atoms with Crippen LogP contribution in [0.15, 0.2) is 60.7 Å². The fourth-order valence-electron chi connectivity index (χ4n) is 2.65. The van der Waals surface area contributed by atoms with Crippen molar-refractivity contribution in [2.45, 2.75) is 20.1 Å². The summed E-state index contributed by atoms with van der Waals surface area (Å²) >= 11 is 18.4. The minimum absolute atomic E-state index is 0.374. The molecule has 0 radical (unpaired) electrons. The van der Waals surface area contributed by atoms with E-state index in [9.17, 15) is 0 Å². The second-order valence-electron chi connectivity index (χ2n) is 6.10. The maximum absolute atomic E-state index is 6.48. The molecule has 3 nitrogen and oxygen atoms in total. The van der Waals surface area contributed by atoms with Gasteiger partial charge >= 0.3 is 0 Å². The molecule has 0 heterocycles. The quantitative estimate of drug-likeness (QED) is 0.404. The van der Waals surface area contributed by atoms with Crippen molar-refractivity contribution in [2.24, 2.45) is 0 Å². The molecule has 0 aliphatic carbocycles. The summed E-state index contributed by atoms with van der Waals surface area (Å²) in [5.74, 6) is 1.25. The van der Waals surface area contributed by atoms with Crippen molar-refractivity contribution in [3.63, 3.8) is 0 Å². The van der Waals surface area contributed by atoms with Crippen LogP contribution in [0.4, 0.5) is 5.69 Å². The van der Waals surface area contributed by atoms with Crippen LogP contribution >= 0.6 is 34.8 Å². The van der Waals surface area contributed by atoms with Gasteiger partial charge in [0.2, 0.25) is 0 Å². The monoisotopic (exact) mass is 435 g/mol. The number of hydrogen-bond donors (Lipinski definition) is 1. The number of nitrogens with one attached hydrogen (secondary N) is 1. The number of hydrogen-bond acceptors (Lipinski definition) is 3. The van der Waals surface area contributed by atoms with E-state index in [1.165, 1.54) is 0 Å². The van der Waals surface area contributed by atoms with Crippen LogP contribution in [-0.2, 0) is 13.2 Å². The van der Waals surface area contributed by atoms with Crippen molar-refractivity contribution in [2.75, 3.05) is 11.9 Å². The first-order chi connectivity index (χ1) is 13.5. The van der Waals surface area contributed by atoms with Gasteiger partial charge in [-0.2, -0.15) is 0 Å². The zero-order valence-corrected chi connectivity index (χ0v) is 17.6. The molecule has 0 unspecified atom stereocenters. The summed E-state index contributed by atoms with van der Waals surface area (Å²) in [6.07, 6.45) is 0. The summed E-state index contributed by atoms with van der Waals surface area (Å²) in [7, 11) is 0. The molecule has 0 aliphatic rings. The molecule has 28 heavy (non-hydrogen) atoms. The van der Waals surface area contributed by atoms with Gasteiger partial charge in [-0.15, -0.1) is 0 Å². The van der Waals surface area contributed by atoms with Crippen LogP contribution in [0.5, 0.6) is 11.5 Å². The zero-order chi connectivity index (χ0) is 19.9. The van der Waals surface area contributed by atoms with Gasteiger partial charge in [0.05, 0.1) is 6.61 Å². The normalized spacial score (nSPS) is 10.6. The van der Waals surface area contributed by atoms with Crippen molar-refractivity contribution in [1.82, 2.24) is 0 Å². The Bertz CT molecular complexity index is 930. The fraction of sp³-hybridized carbons (Fsp3) is 0.182. The Morgan fingerprint density at radius 3 is 2.29 bits per heavy atom. The Morgan fingerprint density at radius 2 is 1.57 bits per heavy atom. The topological polar surface area (TPSA) is 30.5 Å². The van der Waals surface area contributed by atoms with Crippen LogP contribution in [0.3, 0.4) is 0 Å². The van der Waals surface area contributed by atoms with Crippen LogP contribution in [0, 0.1) is 0 Å². The minimum Gasteiger partial charge on any atom is -0.490 e. The van der Waals surface area contributed by atoms with Crippen molar-refractivity contribution >= 4 is 40.5 Å². The third kappa shape index (κ3) is 5.71. The lowest BCUT2D eigenvalue weighted by Crippen LogP contribution is -2.04. The van der Waals surface area contributed by atoms with E-state index >= 15 is 0 Å². The summed E-state index contributed by atoms with van der Waals surface area (Å²) in [5, 5.41) is 5.30. The summed E-state index contributed by atoms with van der Waals surface area (Å²) in [5.41, 5.74) is 2.84. The molecule has 0 amide bonds. The van der Waals surface area contributed by atoms with Gasteiger partial charge in [-0.1, -0.05) is 46.9 Å². The number of ether oxygens (including phenoxy) is 2. The van der Waals surface area contributed by atoms with E-state index in [2.05, 4.69) is 5.32 Å². The second kappa shape index (κ2) is 9.92. The summed E-state index contributed by atoms with van der Waals surface area (Å²) in [6.45, 7) is 3.38. The first-order valence-electron chi connectivity index (χ1n) is 8.87. The Labute approximate surface area is 180 Å². The SMILES string of the molecule is CCOc1cc(CNc2ccc(Cl)cc2)c(Cl)cc1OCc1cccc(Cl)c1. The molecule has 0 saturated carbocycles. The van der Waals surface area contributed by atoms with Crippen LogP contribution < -0.4 is 14.8 Å². The summed E-state index contributed by atoms with van der Waals surface area (Å²) in [6, 6.07) is 18.8. The lowest BCUT2D eigenvalue weighted by molar-refractivity contribution is 0.269. The molecule has 0 fully saturated rings. The third-order valence-electron chi connectivity index (χ3n) is 4.02. The first kappa shape index (κ1) is 20.7. The van der Waals surface area contributed by atoms with Crippen molar-refractivity contribution in [3.05, 3.63) is 86.9 Å². The predicted octanol–water partition coefficient (Wildman–Crippen LogP) is 7.24. The van der Waals surface area contributed by atoms with Gasteiger partial charge in [-0.3, -0.25) is 0 Å². The lowest BCUT2D eigenvalue weighted by atomic mass is 10.2. The number of anilines is 1. The van der Waals surface area contributed by atoms with Crippen molar-refractivity contribution < 1.29 is 9.47 Å². The van der Waals surface area contributed by atoms with E-state index in [4.69, 9.17) is 44.3 Å². The molecule has 0 atom stereocenters. The van der Waals surface area contributed by atoms with E-state index in [1.807, 2.05) is 61.5 Å². The molecule has 0 bridgehead atoms. The Balaban J connectivity index is 1.74. The van der Waals surface area contributed by atoms with E-state index < -0.39 is 0 Å². The number of rotatable bonds is 8. The van der Waals surface area contributed by atoms with E-state index in [-0.39, 0.29) is 0 Å². The van der Waals surface area contributed by atoms with Gasteiger partial charge in [0.25, 0.3) is 0 Å². The second-order valence-corrected chi connectivity index (χ2v) is 7.38. The summed E-state index contributed by atoms with van der Waals surface area (Å²) in [4.78, 5) is 0. The molecule has 3 rings (SSSR count). The van der Waals surface area contributed by atoms with E-state index in [0.717, 1.165) is 16.8 Å². The third-order valence-corrected chi connectivity index (χ3v) is 4.86. The highest BCUT2D eigenvalue weighted by Crippen LogP contribution is 2.34. The van der Waals surface area contributed by atoms with Crippen LogP contribution in [0.2, 0.25) is 15.1 Å². The molecule has 146 valence electrons. The largest absolute Gasteiger partial charge is 0.490 e. The maximum atomic E-state index is 6.48. The van der Waals surface area contributed by atoms with Crippen molar-refractivity contribution in [3.8, 4) is 11.5 Å². The molecule has 0 aromatic heterocycles. The van der Waals surface area contributed by atoms with E-state index in [1.54, 1.807) is 6.07 Å². The molecule has 3 aromatic carbocycles. The molecule has 6 heteroatoms. The van der Waals surface area contributed by atoms with E-state index in [0.29, 0.717) is 46.3 Å². The predicted molar refractivity (Wildman–Crippen MR) is 117 cm³/mol. The van der Waals surface area contributed by atoms with Gasteiger partial charge < -0.3 is 14.8 Å². The fourth-order valence-corrected chi connectivity index (χ4v) is 3.21. The molecule has 1 N–H and O–H groups in total. The van der Waals surface area contributed by atoms with Crippen LogP contribution in [0.25, 0.3) is 0 Å². The Hall–Kier alpha value is -2.07. The minimum atomic E-state index is 0.374. The van der Waals surface area contributed by atoms with Crippen LogP contribution in [-0.4, -0.2) is 6.61 Å². The average molecular weight is 437 g/mol. The average Bonchev–Trinajstić information content (AvgIpc) is 2.68. The molecular formula is C22H20Cl3NO2. The van der Waals surface area contributed by atoms with Crippen molar-refractivity contribution in [1.29, 1.82) is 0 Å². The van der Waals surface area contributed by atoms with Gasteiger partial charge in [-0.25, -0.2) is 0 Å². The number of halogens is 3. The highest BCUT2D eigenvalue weighted by atomic mass is 35.5. The smallest absolute Gasteiger partial charge is 0.163 e. The highest BCUT2D eigenvalue weighted by molar-refractivity contribution is 6.31. The standard InChI is InChI=1S/C22H20Cl3NO2/c1-2-27-21-11-16(13-26-19-8-6-17(23)7-9-19)20(25)12-22(21)28-14-15-4-3-5-18(24)10-15/h3-12,26H,2,13-14H2,1H3. The number of benzene rings is 3. The Morgan fingerprint density at radius 1 is 0.821 bits per heavy atom. The molecule has 0 spiro atoms. The zero-order valence-electron chi connectivity index (χ0n) is 15.3. The lowest BCUT2D eigenvalue weighted by Gasteiger charge is -2.16. The van der Waals surface area contributed by atoms with Gasteiger partial charge in [0.1, 0.15) is 6.61 Å². The molecule has 0 saturated heterocycles. The molecule has 0 aliphatic heterocycles. The first-order valence-corrected chi connectivity index (χ1v) is 10.0. The molecule has 3 aromatic rings. The summed E-state index contributed by atoms with van der Waals surface area (Å²) < 4.78 is 11.7. The van der Waals surface area contributed by atoms with Gasteiger partial charge in [0.15, 0.2) is 11.5 Å².